The second kappa shape index (κ2) is 11.7. The van der Waals surface area contributed by atoms with Gasteiger partial charge in [-0.15, -0.1) is 0 Å². The van der Waals surface area contributed by atoms with E-state index in [1.54, 1.807) is 42.5 Å². The van der Waals surface area contributed by atoms with E-state index in [0.717, 1.165) is 36.1 Å². The highest BCUT2D eigenvalue weighted by molar-refractivity contribution is 9.10. The number of carbonyl (C=O) groups excluding carboxylic acids is 1. The molecule has 0 atom stereocenters. The number of aliphatic carboxylic acids is 1. The lowest BCUT2D eigenvalue weighted by molar-refractivity contribution is -0.192. The van der Waals surface area contributed by atoms with Crippen molar-refractivity contribution in [3.8, 4) is 0 Å². The van der Waals surface area contributed by atoms with Crippen LogP contribution in [0.1, 0.15) is 46.4 Å². The molecule has 11 heteroatoms. The van der Waals surface area contributed by atoms with E-state index in [1.165, 1.54) is 12.8 Å². The number of carboxylic acids is 2. The molecule has 1 aliphatic heterocycles. The Morgan fingerprint density at radius 3 is 1.94 bits per heavy atom. The van der Waals surface area contributed by atoms with E-state index in [1.807, 2.05) is 0 Å². The van der Waals surface area contributed by atoms with Crippen molar-refractivity contribution >= 4 is 45.2 Å². The molecule has 2 aromatic rings. The third-order valence-corrected chi connectivity index (χ3v) is 5.31. The molecular formula is C22H22BrF3N2O5. The van der Waals surface area contributed by atoms with Gasteiger partial charge in [0, 0.05) is 28.8 Å². The number of nitrogens with one attached hydrogen (secondary N) is 1. The first-order valence-corrected chi connectivity index (χ1v) is 10.8. The van der Waals surface area contributed by atoms with Crippen LogP contribution in [0.3, 0.4) is 0 Å². The third-order valence-electron chi connectivity index (χ3n) is 4.78. The molecular weight excluding hydrogens is 509 g/mol. The van der Waals surface area contributed by atoms with E-state index in [9.17, 15) is 27.9 Å². The Balaban J connectivity index is 0.000000479. The van der Waals surface area contributed by atoms with Crippen molar-refractivity contribution < 1.29 is 37.8 Å². The van der Waals surface area contributed by atoms with E-state index in [4.69, 9.17) is 9.90 Å². The average molecular weight is 531 g/mol. The van der Waals surface area contributed by atoms with Gasteiger partial charge in [0.25, 0.3) is 5.91 Å². The first-order valence-electron chi connectivity index (χ1n) is 9.98. The van der Waals surface area contributed by atoms with Crippen molar-refractivity contribution in [2.24, 2.45) is 0 Å². The summed E-state index contributed by atoms with van der Waals surface area (Å²) in [6, 6.07) is 12.1. The van der Waals surface area contributed by atoms with Crippen LogP contribution in [0.15, 0.2) is 46.9 Å². The fourth-order valence-corrected chi connectivity index (χ4v) is 3.44. The molecule has 1 saturated heterocycles. The molecule has 0 aromatic heterocycles. The fourth-order valence-electron chi connectivity index (χ4n) is 3.18. The third kappa shape index (κ3) is 8.08. The van der Waals surface area contributed by atoms with E-state index in [-0.39, 0.29) is 11.5 Å². The average Bonchev–Trinajstić information content (AvgIpc) is 3.03. The van der Waals surface area contributed by atoms with Crippen LogP contribution in [0.2, 0.25) is 0 Å². The largest absolute Gasteiger partial charge is 0.490 e. The SMILES string of the molecule is O=C(Nc1ccc(N2CCCCCC2)c(C(=O)O)c1)c1ccc(Br)cc1.O=C(O)C(F)(F)F. The van der Waals surface area contributed by atoms with Crippen molar-refractivity contribution in [1.82, 2.24) is 0 Å². The fraction of sp³-hybridized carbons (Fsp3) is 0.318. The van der Waals surface area contributed by atoms with Crippen molar-refractivity contribution in [3.05, 3.63) is 58.1 Å². The van der Waals surface area contributed by atoms with E-state index in [2.05, 4.69) is 26.1 Å². The number of amides is 1. The van der Waals surface area contributed by atoms with Gasteiger partial charge in [0.2, 0.25) is 0 Å². The normalized spacial score (nSPS) is 13.9. The summed E-state index contributed by atoms with van der Waals surface area (Å²) in [5, 5.41) is 19.5. The van der Waals surface area contributed by atoms with Crippen LogP contribution in [-0.2, 0) is 4.79 Å². The molecule has 0 bridgehead atoms. The number of rotatable bonds is 4. The molecule has 1 aliphatic rings. The highest BCUT2D eigenvalue weighted by Crippen LogP contribution is 2.27. The van der Waals surface area contributed by atoms with Gasteiger partial charge in [-0.25, -0.2) is 9.59 Å². The maximum absolute atomic E-state index is 12.4. The zero-order valence-corrected chi connectivity index (χ0v) is 18.9. The number of carboxylic acid groups (broad SMARTS) is 2. The lowest BCUT2D eigenvalue weighted by atomic mass is 10.1. The molecule has 0 saturated carbocycles. The van der Waals surface area contributed by atoms with Gasteiger partial charge in [0.1, 0.15) is 0 Å². The molecule has 1 heterocycles. The quantitative estimate of drug-likeness (QED) is 0.487. The van der Waals surface area contributed by atoms with E-state index < -0.39 is 18.1 Å². The van der Waals surface area contributed by atoms with Crippen LogP contribution in [0.5, 0.6) is 0 Å². The topological polar surface area (TPSA) is 107 Å². The maximum atomic E-state index is 12.4. The Morgan fingerprint density at radius 1 is 0.909 bits per heavy atom. The van der Waals surface area contributed by atoms with Gasteiger partial charge in [0.15, 0.2) is 0 Å². The molecule has 178 valence electrons. The van der Waals surface area contributed by atoms with E-state index in [0.29, 0.717) is 11.3 Å². The summed E-state index contributed by atoms with van der Waals surface area (Å²) in [6.45, 7) is 1.73. The Kier molecular flexibility index (Phi) is 9.27. The molecule has 0 radical (unpaired) electrons. The van der Waals surface area contributed by atoms with Gasteiger partial charge in [-0.3, -0.25) is 4.79 Å². The summed E-state index contributed by atoms with van der Waals surface area (Å²) < 4.78 is 32.6. The summed E-state index contributed by atoms with van der Waals surface area (Å²) >= 11 is 3.34. The Labute approximate surface area is 196 Å². The van der Waals surface area contributed by atoms with Gasteiger partial charge in [-0.2, -0.15) is 13.2 Å². The van der Waals surface area contributed by atoms with Crippen LogP contribution in [0.4, 0.5) is 24.5 Å². The van der Waals surface area contributed by atoms with Crippen molar-refractivity contribution in [2.75, 3.05) is 23.3 Å². The van der Waals surface area contributed by atoms with E-state index >= 15 is 0 Å². The molecule has 0 unspecified atom stereocenters. The molecule has 0 aliphatic carbocycles. The van der Waals surface area contributed by atoms with Crippen molar-refractivity contribution in [1.29, 1.82) is 0 Å². The second-order valence-corrected chi connectivity index (χ2v) is 8.12. The summed E-state index contributed by atoms with van der Waals surface area (Å²) in [5.74, 6) is -4.01. The molecule has 0 spiro atoms. The number of aromatic carboxylic acids is 1. The maximum Gasteiger partial charge on any atom is 0.490 e. The van der Waals surface area contributed by atoms with Crippen LogP contribution in [-0.4, -0.2) is 47.3 Å². The second-order valence-electron chi connectivity index (χ2n) is 7.20. The Bertz CT molecular complexity index is 989. The number of halogens is 4. The van der Waals surface area contributed by atoms with Gasteiger partial charge in [0.05, 0.1) is 11.3 Å². The predicted octanol–water partition coefficient (Wildman–Crippen LogP) is 5.41. The molecule has 33 heavy (non-hydrogen) atoms. The summed E-state index contributed by atoms with van der Waals surface area (Å²) in [5.41, 5.74) is 1.94. The van der Waals surface area contributed by atoms with Gasteiger partial charge in [-0.1, -0.05) is 28.8 Å². The highest BCUT2D eigenvalue weighted by atomic mass is 79.9. The van der Waals surface area contributed by atoms with Gasteiger partial charge >= 0.3 is 18.1 Å². The number of alkyl halides is 3. The van der Waals surface area contributed by atoms with Crippen LogP contribution >= 0.6 is 15.9 Å². The van der Waals surface area contributed by atoms with Crippen molar-refractivity contribution in [3.63, 3.8) is 0 Å². The lowest BCUT2D eigenvalue weighted by Crippen LogP contribution is -2.26. The summed E-state index contributed by atoms with van der Waals surface area (Å²) in [4.78, 5) is 35.1. The van der Waals surface area contributed by atoms with Crippen LogP contribution in [0, 0.1) is 0 Å². The zero-order valence-electron chi connectivity index (χ0n) is 17.4. The first-order chi connectivity index (χ1) is 15.5. The number of carbonyl (C=O) groups is 3. The molecule has 7 nitrogen and oxygen atoms in total. The predicted molar refractivity (Wildman–Crippen MR) is 120 cm³/mol. The molecule has 1 amide bonds. The number of hydrogen-bond donors (Lipinski definition) is 3. The smallest absolute Gasteiger partial charge is 0.478 e. The Hall–Kier alpha value is -3.08. The summed E-state index contributed by atoms with van der Waals surface area (Å²) in [7, 11) is 0. The van der Waals surface area contributed by atoms with Gasteiger partial charge in [-0.05, 0) is 55.3 Å². The monoisotopic (exact) mass is 530 g/mol. The lowest BCUT2D eigenvalue weighted by Gasteiger charge is -2.24. The minimum Gasteiger partial charge on any atom is -0.478 e. The van der Waals surface area contributed by atoms with Crippen LogP contribution in [0.25, 0.3) is 0 Å². The minimum absolute atomic E-state index is 0.223. The molecule has 2 aromatic carbocycles. The zero-order chi connectivity index (χ0) is 24.6. The van der Waals surface area contributed by atoms with Crippen molar-refractivity contribution in [2.45, 2.75) is 31.9 Å². The Morgan fingerprint density at radius 2 is 1.45 bits per heavy atom. The number of hydrogen-bond acceptors (Lipinski definition) is 4. The van der Waals surface area contributed by atoms with Crippen LogP contribution < -0.4 is 10.2 Å². The summed E-state index contributed by atoms with van der Waals surface area (Å²) in [6.07, 6.45) is -0.581. The standard InChI is InChI=1S/C20H21BrN2O3.C2HF3O2/c21-15-7-5-14(6-8-15)19(24)22-16-9-10-18(17(13-16)20(25)26)23-11-3-1-2-4-12-23;3-2(4,5)1(6)7/h5-10,13H,1-4,11-12H2,(H,22,24)(H,25,26);(H,6,7). The molecule has 3 rings (SSSR count). The minimum atomic E-state index is -5.08. The number of nitrogens with zero attached hydrogens (tertiary/aromatic N) is 1. The molecule has 3 N–H and O–H groups in total. The number of benzene rings is 2. The molecule has 1 fully saturated rings. The highest BCUT2D eigenvalue weighted by Gasteiger charge is 2.38. The first kappa shape index (κ1) is 26.2. The number of anilines is 2. The van der Waals surface area contributed by atoms with Gasteiger partial charge < -0.3 is 20.4 Å².